The van der Waals surface area contributed by atoms with Crippen LogP contribution in [0.15, 0.2) is 0 Å². The number of piperidine rings is 1. The molecule has 0 aromatic heterocycles. The first kappa shape index (κ1) is 13.9. The molecule has 1 atom stereocenters. The molecular formula is C11H24N2O2S. The maximum Gasteiger partial charge on any atom is 0.214 e. The van der Waals surface area contributed by atoms with Crippen LogP contribution in [-0.2, 0) is 10.0 Å². The van der Waals surface area contributed by atoms with Crippen LogP contribution in [0, 0.1) is 0 Å². The molecule has 5 heteroatoms. The Kier molecular flexibility index (Phi) is 4.76. The van der Waals surface area contributed by atoms with Crippen LogP contribution in [0.1, 0.15) is 39.5 Å². The van der Waals surface area contributed by atoms with Gasteiger partial charge in [0.25, 0.3) is 0 Å². The summed E-state index contributed by atoms with van der Waals surface area (Å²) >= 11 is 0. The zero-order valence-electron chi connectivity index (χ0n) is 10.6. The zero-order chi connectivity index (χ0) is 12.2. The summed E-state index contributed by atoms with van der Waals surface area (Å²) in [5.41, 5.74) is -0.235. The van der Waals surface area contributed by atoms with Crippen molar-refractivity contribution in [3.63, 3.8) is 0 Å². The van der Waals surface area contributed by atoms with Gasteiger partial charge in [0.15, 0.2) is 0 Å². The van der Waals surface area contributed by atoms with E-state index in [2.05, 4.69) is 12.2 Å². The number of nitrogens with one attached hydrogen (secondary N) is 1. The number of hydrogen-bond donors (Lipinski definition) is 1. The minimum Gasteiger partial charge on any atom is -0.318 e. The standard InChI is InChI=1S/C11H24N2O2S/c1-4-9-16(14,15)13-8-6-5-7-11(13,2)10-12-3/h12H,4-10H2,1-3H3. The van der Waals surface area contributed by atoms with Gasteiger partial charge in [-0.1, -0.05) is 13.3 Å². The highest BCUT2D eigenvalue weighted by molar-refractivity contribution is 7.89. The molecule has 1 aliphatic rings. The smallest absolute Gasteiger partial charge is 0.214 e. The van der Waals surface area contributed by atoms with Crippen molar-refractivity contribution < 1.29 is 8.42 Å². The molecule has 0 aromatic rings. The Balaban J connectivity index is 2.90. The third-order valence-corrected chi connectivity index (χ3v) is 5.50. The maximum absolute atomic E-state index is 12.2. The Hall–Kier alpha value is -0.130. The van der Waals surface area contributed by atoms with Gasteiger partial charge in [-0.15, -0.1) is 0 Å². The Morgan fingerprint density at radius 3 is 2.62 bits per heavy atom. The van der Waals surface area contributed by atoms with E-state index in [1.54, 1.807) is 4.31 Å². The normalized spacial score (nSPS) is 28.2. The highest BCUT2D eigenvalue weighted by atomic mass is 32.2. The third-order valence-electron chi connectivity index (χ3n) is 3.28. The molecule has 0 amide bonds. The number of nitrogens with zero attached hydrogens (tertiary/aromatic N) is 1. The molecule has 1 heterocycles. The van der Waals surface area contributed by atoms with Crippen molar-refractivity contribution >= 4 is 10.0 Å². The molecule has 1 N–H and O–H groups in total. The SMILES string of the molecule is CCCS(=O)(=O)N1CCCCC1(C)CNC. The molecule has 0 aliphatic carbocycles. The third kappa shape index (κ3) is 2.96. The molecule has 1 saturated heterocycles. The molecule has 1 unspecified atom stereocenters. The summed E-state index contributed by atoms with van der Waals surface area (Å²) in [5.74, 6) is 0.270. The molecule has 0 bridgehead atoms. The van der Waals surface area contributed by atoms with Crippen molar-refractivity contribution in [3.8, 4) is 0 Å². The van der Waals surface area contributed by atoms with E-state index in [9.17, 15) is 8.42 Å². The van der Waals surface area contributed by atoms with E-state index in [-0.39, 0.29) is 11.3 Å². The van der Waals surface area contributed by atoms with Crippen LogP contribution in [0.3, 0.4) is 0 Å². The number of sulfonamides is 1. The van der Waals surface area contributed by atoms with E-state index in [4.69, 9.17) is 0 Å². The number of likely N-dealkylation sites (N-methyl/N-ethyl adjacent to an activating group) is 1. The maximum atomic E-state index is 12.2. The van der Waals surface area contributed by atoms with Gasteiger partial charge in [0, 0.05) is 18.6 Å². The minimum absolute atomic E-state index is 0.235. The molecule has 96 valence electrons. The van der Waals surface area contributed by atoms with Crippen molar-refractivity contribution in [2.75, 3.05) is 25.9 Å². The van der Waals surface area contributed by atoms with Gasteiger partial charge < -0.3 is 5.32 Å². The summed E-state index contributed by atoms with van der Waals surface area (Å²) in [6.45, 7) is 5.38. The molecule has 1 aliphatic heterocycles. The van der Waals surface area contributed by atoms with Gasteiger partial charge in [-0.25, -0.2) is 8.42 Å². The van der Waals surface area contributed by atoms with E-state index in [1.165, 1.54) is 0 Å². The second-order valence-corrected chi connectivity index (χ2v) is 6.89. The van der Waals surface area contributed by atoms with Crippen LogP contribution in [0.4, 0.5) is 0 Å². The predicted molar refractivity (Wildman–Crippen MR) is 67.0 cm³/mol. The highest BCUT2D eigenvalue weighted by Gasteiger charge is 2.40. The van der Waals surface area contributed by atoms with Crippen molar-refractivity contribution in [2.24, 2.45) is 0 Å². The van der Waals surface area contributed by atoms with Gasteiger partial charge in [-0.05, 0) is 33.2 Å². The van der Waals surface area contributed by atoms with Gasteiger partial charge in [-0.3, -0.25) is 0 Å². The van der Waals surface area contributed by atoms with E-state index < -0.39 is 10.0 Å². The van der Waals surface area contributed by atoms with Crippen LogP contribution in [0.2, 0.25) is 0 Å². The largest absolute Gasteiger partial charge is 0.318 e. The lowest BCUT2D eigenvalue weighted by atomic mass is 9.91. The summed E-state index contributed by atoms with van der Waals surface area (Å²) in [5, 5.41) is 3.12. The Bertz CT molecular complexity index is 312. The second-order valence-electron chi connectivity index (χ2n) is 4.87. The fraction of sp³-hybridized carbons (Fsp3) is 1.00. The summed E-state index contributed by atoms with van der Waals surface area (Å²) in [6, 6.07) is 0. The first-order valence-corrected chi connectivity index (χ1v) is 7.72. The van der Waals surface area contributed by atoms with Crippen LogP contribution in [-0.4, -0.2) is 44.2 Å². The summed E-state index contributed by atoms with van der Waals surface area (Å²) in [7, 11) is -1.19. The van der Waals surface area contributed by atoms with Crippen molar-refractivity contribution in [1.29, 1.82) is 0 Å². The lowest BCUT2D eigenvalue weighted by Gasteiger charge is -2.43. The molecule has 0 aromatic carbocycles. The quantitative estimate of drug-likeness (QED) is 0.795. The lowest BCUT2D eigenvalue weighted by molar-refractivity contribution is 0.149. The molecular weight excluding hydrogens is 224 g/mol. The average Bonchev–Trinajstić information content (AvgIpc) is 2.17. The van der Waals surface area contributed by atoms with Crippen LogP contribution < -0.4 is 5.32 Å². The number of rotatable bonds is 5. The first-order chi connectivity index (χ1) is 7.46. The van der Waals surface area contributed by atoms with E-state index in [0.717, 1.165) is 25.8 Å². The predicted octanol–water partition coefficient (Wildman–Crippen LogP) is 1.19. The summed E-state index contributed by atoms with van der Waals surface area (Å²) < 4.78 is 26.1. The summed E-state index contributed by atoms with van der Waals surface area (Å²) in [6.07, 6.45) is 3.75. The second kappa shape index (κ2) is 5.47. The van der Waals surface area contributed by atoms with Crippen LogP contribution in [0.5, 0.6) is 0 Å². The average molecular weight is 248 g/mol. The fourth-order valence-electron chi connectivity index (χ4n) is 2.56. The molecule has 1 fully saturated rings. The van der Waals surface area contributed by atoms with Crippen molar-refractivity contribution in [2.45, 2.75) is 45.1 Å². The Morgan fingerprint density at radius 1 is 1.38 bits per heavy atom. The molecule has 0 radical (unpaired) electrons. The van der Waals surface area contributed by atoms with Gasteiger partial charge in [0.1, 0.15) is 0 Å². The van der Waals surface area contributed by atoms with Crippen molar-refractivity contribution in [1.82, 2.24) is 9.62 Å². The van der Waals surface area contributed by atoms with Gasteiger partial charge >= 0.3 is 0 Å². The Morgan fingerprint density at radius 2 is 2.06 bits per heavy atom. The monoisotopic (exact) mass is 248 g/mol. The Labute approximate surface area is 99.5 Å². The van der Waals surface area contributed by atoms with E-state index in [0.29, 0.717) is 13.0 Å². The van der Waals surface area contributed by atoms with Gasteiger partial charge in [0.05, 0.1) is 5.75 Å². The van der Waals surface area contributed by atoms with E-state index in [1.807, 2.05) is 14.0 Å². The fourth-order valence-corrected chi connectivity index (χ4v) is 4.53. The highest BCUT2D eigenvalue weighted by Crippen LogP contribution is 2.30. The van der Waals surface area contributed by atoms with Gasteiger partial charge in [0.2, 0.25) is 10.0 Å². The molecule has 0 saturated carbocycles. The molecule has 4 nitrogen and oxygen atoms in total. The molecule has 0 spiro atoms. The van der Waals surface area contributed by atoms with Gasteiger partial charge in [-0.2, -0.15) is 4.31 Å². The molecule has 16 heavy (non-hydrogen) atoms. The zero-order valence-corrected chi connectivity index (χ0v) is 11.4. The van der Waals surface area contributed by atoms with Crippen LogP contribution in [0.25, 0.3) is 0 Å². The topological polar surface area (TPSA) is 49.4 Å². The number of hydrogen-bond acceptors (Lipinski definition) is 3. The van der Waals surface area contributed by atoms with Crippen LogP contribution >= 0.6 is 0 Å². The van der Waals surface area contributed by atoms with E-state index >= 15 is 0 Å². The molecule has 1 rings (SSSR count). The summed E-state index contributed by atoms with van der Waals surface area (Å²) in [4.78, 5) is 0. The first-order valence-electron chi connectivity index (χ1n) is 6.11. The lowest BCUT2D eigenvalue weighted by Crippen LogP contribution is -2.57. The van der Waals surface area contributed by atoms with Crippen molar-refractivity contribution in [3.05, 3.63) is 0 Å². The minimum atomic E-state index is -3.07.